The SMILES string of the molecule is C[Si]1(C)CCCCCCCCCCCCCC[Si](C)(C)O1. The van der Waals surface area contributed by atoms with Crippen LogP contribution < -0.4 is 0 Å². The second-order valence-electron chi connectivity index (χ2n) is 8.36. The normalized spacial score (nSPS) is 26.9. The summed E-state index contributed by atoms with van der Waals surface area (Å²) >= 11 is 0. The average Bonchev–Trinajstić information content (AvgIpc) is 2.37. The third-order valence-corrected chi connectivity index (χ3v) is 12.4. The Balaban J connectivity index is 2.41. The highest BCUT2D eigenvalue weighted by molar-refractivity contribution is 6.84. The molecule has 21 heavy (non-hydrogen) atoms. The van der Waals surface area contributed by atoms with Crippen LogP contribution in [0.3, 0.4) is 0 Å². The molecule has 126 valence electrons. The largest absolute Gasteiger partial charge is 0.455 e. The van der Waals surface area contributed by atoms with Crippen LogP contribution in [0.1, 0.15) is 77.0 Å². The lowest BCUT2D eigenvalue weighted by Crippen LogP contribution is -2.44. The van der Waals surface area contributed by atoms with Crippen molar-refractivity contribution < 1.29 is 4.12 Å². The highest BCUT2D eigenvalue weighted by Gasteiger charge is 2.31. The van der Waals surface area contributed by atoms with E-state index in [1.807, 2.05) is 0 Å². The van der Waals surface area contributed by atoms with Crippen molar-refractivity contribution in [3.63, 3.8) is 0 Å². The maximum Gasteiger partial charge on any atom is 0.173 e. The Morgan fingerprint density at radius 1 is 0.429 bits per heavy atom. The molecule has 0 saturated carbocycles. The van der Waals surface area contributed by atoms with E-state index in [4.69, 9.17) is 4.12 Å². The maximum atomic E-state index is 6.73. The summed E-state index contributed by atoms with van der Waals surface area (Å²) in [6.07, 6.45) is 17.4. The molecule has 1 fully saturated rings. The van der Waals surface area contributed by atoms with E-state index in [2.05, 4.69) is 26.2 Å². The molecule has 0 aliphatic carbocycles. The van der Waals surface area contributed by atoms with Crippen molar-refractivity contribution in [2.75, 3.05) is 0 Å². The van der Waals surface area contributed by atoms with E-state index >= 15 is 0 Å². The molecule has 0 aromatic carbocycles. The maximum absolute atomic E-state index is 6.73. The predicted octanol–water partition coefficient (Wildman–Crippen LogP) is 7.11. The summed E-state index contributed by atoms with van der Waals surface area (Å²) in [5.41, 5.74) is 0. The fraction of sp³-hybridized carbons (Fsp3) is 1.00. The van der Waals surface area contributed by atoms with E-state index in [0.717, 1.165) is 0 Å². The van der Waals surface area contributed by atoms with Gasteiger partial charge >= 0.3 is 0 Å². The highest BCUT2D eigenvalue weighted by Crippen LogP contribution is 2.26. The molecule has 1 rings (SSSR count). The summed E-state index contributed by atoms with van der Waals surface area (Å²) in [4.78, 5) is 0. The van der Waals surface area contributed by atoms with E-state index in [1.54, 1.807) is 0 Å². The molecule has 0 aromatic heterocycles. The van der Waals surface area contributed by atoms with Crippen LogP contribution >= 0.6 is 0 Å². The van der Waals surface area contributed by atoms with Crippen molar-refractivity contribution in [3.05, 3.63) is 0 Å². The van der Waals surface area contributed by atoms with Gasteiger partial charge in [0.05, 0.1) is 0 Å². The summed E-state index contributed by atoms with van der Waals surface area (Å²) in [5, 5.41) is 0. The molecule has 0 bridgehead atoms. The smallest absolute Gasteiger partial charge is 0.173 e. The molecule has 0 spiro atoms. The van der Waals surface area contributed by atoms with Crippen molar-refractivity contribution in [3.8, 4) is 0 Å². The zero-order valence-corrected chi connectivity index (χ0v) is 17.3. The molecule has 3 heteroatoms. The van der Waals surface area contributed by atoms with Gasteiger partial charge in [-0.15, -0.1) is 0 Å². The third-order valence-electron chi connectivity index (χ3n) is 4.86. The quantitative estimate of drug-likeness (QED) is 0.430. The molecule has 0 amide bonds. The van der Waals surface area contributed by atoms with Crippen LogP contribution in [0.4, 0.5) is 0 Å². The fourth-order valence-electron chi connectivity index (χ4n) is 3.72. The minimum Gasteiger partial charge on any atom is -0.455 e. The Hall–Kier alpha value is 0.394. The Morgan fingerprint density at radius 2 is 0.667 bits per heavy atom. The molecule has 1 aliphatic rings. The molecule has 0 radical (unpaired) electrons. The summed E-state index contributed by atoms with van der Waals surface area (Å²) in [6.45, 7) is 9.82. The van der Waals surface area contributed by atoms with Crippen molar-refractivity contribution in [1.82, 2.24) is 0 Å². The van der Waals surface area contributed by atoms with Crippen molar-refractivity contribution >= 4 is 16.6 Å². The monoisotopic (exact) mass is 328 g/mol. The molecule has 1 heterocycles. The van der Waals surface area contributed by atoms with Gasteiger partial charge < -0.3 is 4.12 Å². The predicted molar refractivity (Wildman–Crippen MR) is 101 cm³/mol. The minimum absolute atomic E-state index is 1.38. The van der Waals surface area contributed by atoms with Crippen LogP contribution in [0.15, 0.2) is 0 Å². The lowest BCUT2D eigenvalue weighted by molar-refractivity contribution is 0.522. The summed E-state index contributed by atoms with van der Waals surface area (Å²) in [5.74, 6) is 0. The summed E-state index contributed by atoms with van der Waals surface area (Å²) in [7, 11) is -2.80. The van der Waals surface area contributed by atoms with Gasteiger partial charge in [0, 0.05) is 0 Å². The summed E-state index contributed by atoms with van der Waals surface area (Å²) < 4.78 is 6.73. The van der Waals surface area contributed by atoms with Gasteiger partial charge in [0.25, 0.3) is 0 Å². The highest BCUT2D eigenvalue weighted by atomic mass is 28.4. The number of hydrogen-bond donors (Lipinski definition) is 0. The van der Waals surface area contributed by atoms with Crippen LogP contribution in [0, 0.1) is 0 Å². The van der Waals surface area contributed by atoms with Gasteiger partial charge in [0.2, 0.25) is 0 Å². The first-order valence-corrected chi connectivity index (χ1v) is 15.8. The molecule has 0 aromatic rings. The zero-order chi connectivity index (χ0) is 15.6. The minimum atomic E-state index is -1.40. The Morgan fingerprint density at radius 3 is 0.952 bits per heavy atom. The standard InChI is InChI=1S/C18H40OSi2/c1-20(2)17-15-13-11-9-7-5-6-8-10-12-14-16-18-21(3,4)19-20/h5-18H2,1-4H3. The molecular formula is C18H40OSi2. The average molecular weight is 329 g/mol. The zero-order valence-electron chi connectivity index (χ0n) is 15.3. The third kappa shape index (κ3) is 10.7. The number of hydrogen-bond acceptors (Lipinski definition) is 1. The lowest BCUT2D eigenvalue weighted by Gasteiger charge is -2.34. The molecule has 0 unspecified atom stereocenters. The fourth-order valence-corrected chi connectivity index (χ4v) is 12.7. The Bertz CT molecular complexity index is 238. The van der Waals surface area contributed by atoms with Crippen molar-refractivity contribution in [2.45, 2.75) is 115 Å². The lowest BCUT2D eigenvalue weighted by atomic mass is 10.1. The van der Waals surface area contributed by atoms with Gasteiger partial charge in [0.15, 0.2) is 16.6 Å². The summed E-state index contributed by atoms with van der Waals surface area (Å²) in [6, 6.07) is 2.76. The molecule has 1 nitrogen and oxygen atoms in total. The number of rotatable bonds is 0. The first-order valence-electron chi connectivity index (χ1n) is 9.62. The van der Waals surface area contributed by atoms with Gasteiger partial charge in [-0.05, 0) is 38.3 Å². The van der Waals surface area contributed by atoms with E-state index in [0.29, 0.717) is 0 Å². The van der Waals surface area contributed by atoms with Crippen molar-refractivity contribution in [2.24, 2.45) is 0 Å². The van der Waals surface area contributed by atoms with E-state index in [-0.39, 0.29) is 0 Å². The van der Waals surface area contributed by atoms with Gasteiger partial charge in [-0.3, -0.25) is 0 Å². The van der Waals surface area contributed by atoms with Crippen LogP contribution in [-0.2, 0) is 4.12 Å². The second-order valence-corrected chi connectivity index (χ2v) is 17.2. The second kappa shape index (κ2) is 10.2. The van der Waals surface area contributed by atoms with Gasteiger partial charge in [0.1, 0.15) is 0 Å². The van der Waals surface area contributed by atoms with Gasteiger partial charge in [-0.1, -0.05) is 77.0 Å². The molecular weight excluding hydrogens is 288 g/mol. The Labute approximate surface area is 136 Å². The van der Waals surface area contributed by atoms with E-state index in [1.165, 1.54) is 89.1 Å². The van der Waals surface area contributed by atoms with Crippen LogP contribution in [-0.4, -0.2) is 16.6 Å². The van der Waals surface area contributed by atoms with E-state index in [9.17, 15) is 0 Å². The van der Waals surface area contributed by atoms with Gasteiger partial charge in [-0.25, -0.2) is 0 Å². The molecule has 1 aliphatic heterocycles. The molecule has 1 saturated heterocycles. The molecule has 0 atom stereocenters. The topological polar surface area (TPSA) is 9.23 Å². The van der Waals surface area contributed by atoms with Crippen LogP contribution in [0.5, 0.6) is 0 Å². The van der Waals surface area contributed by atoms with Crippen LogP contribution in [0.25, 0.3) is 0 Å². The van der Waals surface area contributed by atoms with Crippen molar-refractivity contribution in [1.29, 1.82) is 0 Å². The first kappa shape index (κ1) is 19.4. The van der Waals surface area contributed by atoms with E-state index < -0.39 is 16.6 Å². The first-order chi connectivity index (χ1) is 9.91. The van der Waals surface area contributed by atoms with Crippen LogP contribution in [0.2, 0.25) is 38.3 Å². The van der Waals surface area contributed by atoms with Gasteiger partial charge in [-0.2, -0.15) is 0 Å². The molecule has 0 N–H and O–H groups in total. The Kier molecular flexibility index (Phi) is 9.46.